The van der Waals surface area contributed by atoms with E-state index in [0.717, 1.165) is 49.4 Å². The number of hydrogen-bond donors (Lipinski definition) is 2. The highest BCUT2D eigenvalue weighted by Crippen LogP contribution is 2.31. The standard InChI is InChI=1S/C32H35NO3/c1-2-5-31(34)26-12-16-29(17-13-26)36-28-14-10-25(11-15-28)30-18-19-33-21-32(30)35-22-23-8-9-24-6-3-4-7-27(24)20-23/h3-4,6-17,20,30-34H,2,5,18-19,21-22H2,1H3. The third-order valence-electron chi connectivity index (χ3n) is 7.08. The number of aliphatic hydroxyl groups is 1. The van der Waals surface area contributed by atoms with Gasteiger partial charge in [-0.15, -0.1) is 0 Å². The number of rotatable bonds is 9. The molecule has 4 aromatic rings. The maximum absolute atomic E-state index is 10.2. The molecule has 1 heterocycles. The first kappa shape index (κ1) is 24.5. The highest BCUT2D eigenvalue weighted by Gasteiger charge is 2.27. The molecule has 4 nitrogen and oxygen atoms in total. The summed E-state index contributed by atoms with van der Waals surface area (Å²) in [4.78, 5) is 0. The zero-order valence-corrected chi connectivity index (χ0v) is 20.9. The van der Waals surface area contributed by atoms with Crippen molar-refractivity contribution in [3.05, 3.63) is 108 Å². The molecule has 0 aromatic heterocycles. The van der Waals surface area contributed by atoms with Gasteiger partial charge in [0.2, 0.25) is 0 Å². The number of fused-ring (bicyclic) bond motifs is 1. The molecule has 2 N–H and O–H groups in total. The van der Waals surface area contributed by atoms with E-state index in [-0.39, 0.29) is 6.10 Å². The minimum Gasteiger partial charge on any atom is -0.457 e. The second kappa shape index (κ2) is 11.7. The molecule has 4 aromatic carbocycles. The van der Waals surface area contributed by atoms with Crippen LogP contribution in [0.4, 0.5) is 0 Å². The van der Waals surface area contributed by atoms with Crippen LogP contribution in [0, 0.1) is 0 Å². The van der Waals surface area contributed by atoms with E-state index in [2.05, 4.69) is 66.8 Å². The number of benzene rings is 4. The van der Waals surface area contributed by atoms with E-state index in [1.165, 1.54) is 21.9 Å². The summed E-state index contributed by atoms with van der Waals surface area (Å²) in [5.74, 6) is 1.93. The van der Waals surface area contributed by atoms with Gasteiger partial charge in [-0.05, 0) is 77.2 Å². The van der Waals surface area contributed by atoms with Crippen LogP contribution in [0.15, 0.2) is 91.0 Å². The molecule has 0 saturated carbocycles. The predicted molar refractivity (Wildman–Crippen MR) is 146 cm³/mol. The summed E-state index contributed by atoms with van der Waals surface area (Å²) in [7, 11) is 0. The van der Waals surface area contributed by atoms with Crippen molar-refractivity contribution in [2.24, 2.45) is 0 Å². The summed E-state index contributed by atoms with van der Waals surface area (Å²) >= 11 is 0. The molecule has 1 saturated heterocycles. The zero-order valence-electron chi connectivity index (χ0n) is 20.9. The Hall–Kier alpha value is -3.18. The second-order valence-electron chi connectivity index (χ2n) is 9.67. The van der Waals surface area contributed by atoms with Gasteiger partial charge in [-0.3, -0.25) is 0 Å². The molecule has 36 heavy (non-hydrogen) atoms. The molecule has 5 rings (SSSR count). The van der Waals surface area contributed by atoms with Crippen LogP contribution in [0.5, 0.6) is 11.5 Å². The van der Waals surface area contributed by atoms with Gasteiger partial charge in [0.1, 0.15) is 11.5 Å². The van der Waals surface area contributed by atoms with Crippen LogP contribution in [0.2, 0.25) is 0 Å². The van der Waals surface area contributed by atoms with Crippen molar-refractivity contribution < 1.29 is 14.6 Å². The van der Waals surface area contributed by atoms with Crippen LogP contribution in [-0.2, 0) is 11.3 Å². The molecule has 0 spiro atoms. The lowest BCUT2D eigenvalue weighted by Gasteiger charge is -2.32. The predicted octanol–water partition coefficient (Wildman–Crippen LogP) is 7.13. The molecule has 4 heteroatoms. The summed E-state index contributed by atoms with van der Waals surface area (Å²) in [5.41, 5.74) is 3.42. The van der Waals surface area contributed by atoms with Crippen LogP contribution >= 0.6 is 0 Å². The Morgan fingerprint density at radius 2 is 1.61 bits per heavy atom. The van der Waals surface area contributed by atoms with Crippen molar-refractivity contribution >= 4 is 10.8 Å². The van der Waals surface area contributed by atoms with Gasteiger partial charge in [0.05, 0.1) is 18.8 Å². The Morgan fingerprint density at radius 1 is 0.889 bits per heavy atom. The molecule has 1 aliphatic heterocycles. The van der Waals surface area contributed by atoms with Gasteiger partial charge < -0.3 is 19.9 Å². The lowest BCUT2D eigenvalue weighted by Crippen LogP contribution is -2.40. The molecular weight excluding hydrogens is 446 g/mol. The molecule has 0 amide bonds. The fourth-order valence-corrected chi connectivity index (χ4v) is 5.04. The number of hydrogen-bond acceptors (Lipinski definition) is 4. The fraction of sp³-hybridized carbons (Fsp3) is 0.312. The van der Waals surface area contributed by atoms with Gasteiger partial charge in [-0.2, -0.15) is 0 Å². The molecule has 1 fully saturated rings. The monoisotopic (exact) mass is 481 g/mol. The second-order valence-corrected chi connectivity index (χ2v) is 9.67. The summed E-state index contributed by atoms with van der Waals surface area (Å²) < 4.78 is 12.5. The lowest BCUT2D eigenvalue weighted by atomic mass is 9.87. The van der Waals surface area contributed by atoms with Crippen LogP contribution in [0.3, 0.4) is 0 Å². The SMILES string of the molecule is CCCC(O)c1ccc(Oc2ccc(C3CCNCC3OCc3ccc4ccccc4c3)cc2)cc1. The molecular formula is C32H35NO3. The van der Waals surface area contributed by atoms with Crippen molar-refractivity contribution in [1.29, 1.82) is 0 Å². The Morgan fingerprint density at radius 3 is 2.36 bits per heavy atom. The van der Waals surface area contributed by atoms with E-state index >= 15 is 0 Å². The van der Waals surface area contributed by atoms with Crippen LogP contribution < -0.4 is 10.1 Å². The van der Waals surface area contributed by atoms with Crippen molar-refractivity contribution in [1.82, 2.24) is 5.32 Å². The van der Waals surface area contributed by atoms with E-state index < -0.39 is 6.10 Å². The quantitative estimate of drug-likeness (QED) is 0.267. The molecule has 3 atom stereocenters. The van der Waals surface area contributed by atoms with Crippen LogP contribution in [-0.4, -0.2) is 24.3 Å². The van der Waals surface area contributed by atoms with Gasteiger partial charge in [0.15, 0.2) is 0 Å². The maximum Gasteiger partial charge on any atom is 0.127 e. The third-order valence-corrected chi connectivity index (χ3v) is 7.08. The fourth-order valence-electron chi connectivity index (χ4n) is 5.04. The largest absolute Gasteiger partial charge is 0.457 e. The highest BCUT2D eigenvalue weighted by molar-refractivity contribution is 5.82. The molecule has 3 unspecified atom stereocenters. The summed E-state index contributed by atoms with van der Waals surface area (Å²) in [6, 6.07) is 31.1. The summed E-state index contributed by atoms with van der Waals surface area (Å²) in [6.45, 7) is 4.53. The van der Waals surface area contributed by atoms with Gasteiger partial charge in [0, 0.05) is 12.5 Å². The Kier molecular flexibility index (Phi) is 7.97. The van der Waals surface area contributed by atoms with Crippen LogP contribution in [0.1, 0.15) is 54.9 Å². The average Bonchev–Trinajstić information content (AvgIpc) is 2.93. The minimum absolute atomic E-state index is 0.124. The van der Waals surface area contributed by atoms with Gasteiger partial charge in [0.25, 0.3) is 0 Å². The summed E-state index contributed by atoms with van der Waals surface area (Å²) in [6.07, 6.45) is 2.48. The lowest BCUT2D eigenvalue weighted by molar-refractivity contribution is 0.0106. The summed E-state index contributed by atoms with van der Waals surface area (Å²) in [5, 5.41) is 16.2. The maximum atomic E-state index is 10.2. The third kappa shape index (κ3) is 5.96. The van der Waals surface area contributed by atoms with E-state index in [1.54, 1.807) is 0 Å². The van der Waals surface area contributed by atoms with Gasteiger partial charge >= 0.3 is 0 Å². The normalized spacial score (nSPS) is 18.7. The minimum atomic E-state index is -0.412. The van der Waals surface area contributed by atoms with Crippen LogP contribution in [0.25, 0.3) is 10.8 Å². The van der Waals surface area contributed by atoms with Gasteiger partial charge in [-0.1, -0.05) is 74.0 Å². The van der Waals surface area contributed by atoms with Crippen molar-refractivity contribution in [3.63, 3.8) is 0 Å². The van der Waals surface area contributed by atoms with E-state index in [9.17, 15) is 5.11 Å². The Labute approximate surface area is 213 Å². The smallest absolute Gasteiger partial charge is 0.127 e. The number of aliphatic hydroxyl groups excluding tert-OH is 1. The Bertz CT molecular complexity index is 1250. The molecule has 0 bridgehead atoms. The number of ether oxygens (including phenoxy) is 2. The Balaban J connectivity index is 1.21. The zero-order chi connectivity index (χ0) is 24.7. The van der Waals surface area contributed by atoms with E-state index in [0.29, 0.717) is 12.5 Å². The van der Waals surface area contributed by atoms with E-state index in [4.69, 9.17) is 9.47 Å². The van der Waals surface area contributed by atoms with Crippen molar-refractivity contribution in [2.45, 2.75) is 50.9 Å². The molecule has 1 aliphatic rings. The average molecular weight is 482 g/mol. The molecule has 0 aliphatic carbocycles. The van der Waals surface area contributed by atoms with E-state index in [1.807, 2.05) is 36.4 Å². The molecule has 186 valence electrons. The number of nitrogens with one attached hydrogen (secondary N) is 1. The van der Waals surface area contributed by atoms with Gasteiger partial charge in [-0.25, -0.2) is 0 Å². The highest BCUT2D eigenvalue weighted by atomic mass is 16.5. The first-order chi connectivity index (χ1) is 17.7. The molecule has 0 radical (unpaired) electrons. The van der Waals surface area contributed by atoms with Crippen molar-refractivity contribution in [2.75, 3.05) is 13.1 Å². The first-order valence-corrected chi connectivity index (χ1v) is 13.1. The first-order valence-electron chi connectivity index (χ1n) is 13.1. The number of piperidine rings is 1. The topological polar surface area (TPSA) is 50.7 Å². The van der Waals surface area contributed by atoms with Crippen molar-refractivity contribution in [3.8, 4) is 11.5 Å².